The van der Waals surface area contributed by atoms with Crippen LogP contribution >= 0.6 is 0 Å². The van der Waals surface area contributed by atoms with E-state index in [1.165, 1.54) is 6.92 Å². The number of carbonyl (C=O) groups is 2. The molecule has 0 aliphatic rings. The molecule has 0 aliphatic heterocycles. The van der Waals surface area contributed by atoms with Crippen LogP contribution in [0.3, 0.4) is 0 Å². The molecule has 0 aromatic heterocycles. The van der Waals surface area contributed by atoms with Gasteiger partial charge in [-0.05, 0) is 50.1 Å². The van der Waals surface area contributed by atoms with Gasteiger partial charge in [-0.3, -0.25) is 20.4 Å². The molecule has 2 N–H and O–H groups in total. The van der Waals surface area contributed by atoms with Crippen molar-refractivity contribution in [2.24, 2.45) is 0 Å². The largest absolute Gasteiger partial charge is 0.481 e. The predicted octanol–water partition coefficient (Wildman–Crippen LogP) is 2.81. The third-order valence-electron chi connectivity index (χ3n) is 3.70. The van der Waals surface area contributed by atoms with Crippen LogP contribution in [0.4, 0.5) is 8.78 Å². The number of halogens is 2. The normalized spacial score (nSPS) is 11.6. The van der Waals surface area contributed by atoms with Crippen molar-refractivity contribution < 1.29 is 23.1 Å². The number of amides is 2. The first-order valence-electron chi connectivity index (χ1n) is 7.57. The summed E-state index contributed by atoms with van der Waals surface area (Å²) in [5.41, 5.74) is 5.76. The van der Waals surface area contributed by atoms with Crippen molar-refractivity contribution in [1.82, 2.24) is 10.9 Å². The lowest BCUT2D eigenvalue weighted by Gasteiger charge is -2.17. The van der Waals surface area contributed by atoms with E-state index in [4.69, 9.17) is 4.74 Å². The summed E-state index contributed by atoms with van der Waals surface area (Å²) < 4.78 is 31.9. The van der Waals surface area contributed by atoms with Gasteiger partial charge in [-0.1, -0.05) is 12.1 Å². The molecule has 0 unspecified atom stereocenters. The minimum absolute atomic E-state index is 0.384. The predicted molar refractivity (Wildman–Crippen MR) is 88.0 cm³/mol. The number of hydrogen-bond acceptors (Lipinski definition) is 3. The Kier molecular flexibility index (Phi) is 5.69. The lowest BCUT2D eigenvalue weighted by molar-refractivity contribution is -0.128. The number of benzene rings is 2. The fourth-order valence-electron chi connectivity index (χ4n) is 2.06. The minimum atomic E-state index is -1.02. The molecule has 0 radical (unpaired) electrons. The van der Waals surface area contributed by atoms with Crippen LogP contribution in [-0.4, -0.2) is 17.9 Å². The van der Waals surface area contributed by atoms with E-state index in [2.05, 4.69) is 10.9 Å². The van der Waals surface area contributed by atoms with E-state index >= 15 is 0 Å². The van der Waals surface area contributed by atoms with Crippen molar-refractivity contribution in [3.63, 3.8) is 0 Å². The van der Waals surface area contributed by atoms with Gasteiger partial charge in [0.25, 0.3) is 11.8 Å². The molecule has 0 spiro atoms. The van der Waals surface area contributed by atoms with Crippen LogP contribution in [0, 0.1) is 25.5 Å². The quantitative estimate of drug-likeness (QED) is 0.835. The Bertz CT molecular complexity index is 809. The average Bonchev–Trinajstić information content (AvgIpc) is 2.56. The van der Waals surface area contributed by atoms with Crippen LogP contribution in [0.2, 0.25) is 0 Å². The molecule has 2 aromatic rings. The zero-order chi connectivity index (χ0) is 18.6. The van der Waals surface area contributed by atoms with E-state index in [-0.39, 0.29) is 5.56 Å². The monoisotopic (exact) mass is 348 g/mol. The number of aryl methyl sites for hydroxylation is 1. The van der Waals surface area contributed by atoms with Gasteiger partial charge in [0.1, 0.15) is 17.4 Å². The van der Waals surface area contributed by atoms with Gasteiger partial charge >= 0.3 is 0 Å². The molecule has 0 saturated heterocycles. The second-order valence-corrected chi connectivity index (χ2v) is 5.53. The summed E-state index contributed by atoms with van der Waals surface area (Å²) in [6, 6.07) is 7.99. The van der Waals surface area contributed by atoms with Crippen LogP contribution in [0.15, 0.2) is 36.4 Å². The number of hydrazine groups is 1. The molecule has 2 aromatic carbocycles. The van der Waals surface area contributed by atoms with E-state index in [9.17, 15) is 18.4 Å². The van der Waals surface area contributed by atoms with E-state index in [1.807, 2.05) is 19.9 Å². The molecule has 132 valence electrons. The van der Waals surface area contributed by atoms with Crippen LogP contribution in [0.25, 0.3) is 0 Å². The first-order valence-corrected chi connectivity index (χ1v) is 7.57. The molecule has 0 heterocycles. The minimum Gasteiger partial charge on any atom is -0.481 e. The van der Waals surface area contributed by atoms with Crippen molar-refractivity contribution >= 4 is 11.8 Å². The second kappa shape index (κ2) is 7.74. The van der Waals surface area contributed by atoms with Gasteiger partial charge in [-0.2, -0.15) is 0 Å². The molecular formula is C18H18F2N2O3. The summed E-state index contributed by atoms with van der Waals surface area (Å²) in [7, 11) is 0. The van der Waals surface area contributed by atoms with E-state index in [0.717, 1.165) is 23.3 Å². The first kappa shape index (κ1) is 18.4. The maximum Gasteiger partial charge on any atom is 0.279 e. The number of carbonyl (C=O) groups excluding carboxylic acids is 2. The SMILES string of the molecule is Cc1cccc(O[C@@H](C)C(=O)NNC(=O)c2ccc(F)cc2F)c1C. The molecule has 7 heteroatoms. The summed E-state index contributed by atoms with van der Waals surface area (Å²) in [6.45, 7) is 5.31. The molecule has 0 fully saturated rings. The van der Waals surface area contributed by atoms with Crippen LogP contribution in [-0.2, 0) is 4.79 Å². The molecule has 0 saturated carbocycles. The van der Waals surface area contributed by atoms with Gasteiger partial charge in [-0.15, -0.1) is 0 Å². The Hall–Kier alpha value is -2.96. The Morgan fingerprint density at radius 1 is 1.08 bits per heavy atom. The van der Waals surface area contributed by atoms with Crippen molar-refractivity contribution in [1.29, 1.82) is 0 Å². The van der Waals surface area contributed by atoms with Gasteiger partial charge in [0.2, 0.25) is 0 Å². The third kappa shape index (κ3) is 4.53. The van der Waals surface area contributed by atoms with Gasteiger partial charge in [0.15, 0.2) is 6.10 Å². The van der Waals surface area contributed by atoms with Gasteiger partial charge in [0, 0.05) is 6.07 Å². The van der Waals surface area contributed by atoms with Gasteiger partial charge in [0.05, 0.1) is 5.56 Å². The molecule has 0 aliphatic carbocycles. The highest BCUT2D eigenvalue weighted by Gasteiger charge is 2.18. The summed E-state index contributed by atoms with van der Waals surface area (Å²) in [4.78, 5) is 23.8. The number of nitrogens with one attached hydrogen (secondary N) is 2. The van der Waals surface area contributed by atoms with Crippen LogP contribution < -0.4 is 15.6 Å². The van der Waals surface area contributed by atoms with Crippen molar-refractivity contribution in [2.45, 2.75) is 26.9 Å². The van der Waals surface area contributed by atoms with Crippen LogP contribution in [0.1, 0.15) is 28.4 Å². The van der Waals surface area contributed by atoms with E-state index in [0.29, 0.717) is 11.8 Å². The zero-order valence-electron chi connectivity index (χ0n) is 14.0. The topological polar surface area (TPSA) is 67.4 Å². The number of hydrogen-bond donors (Lipinski definition) is 2. The highest BCUT2D eigenvalue weighted by molar-refractivity contribution is 5.96. The average molecular weight is 348 g/mol. The molecule has 5 nitrogen and oxygen atoms in total. The third-order valence-corrected chi connectivity index (χ3v) is 3.70. The Morgan fingerprint density at radius 2 is 1.80 bits per heavy atom. The van der Waals surface area contributed by atoms with E-state index in [1.54, 1.807) is 12.1 Å². The Morgan fingerprint density at radius 3 is 2.48 bits per heavy atom. The fourth-order valence-corrected chi connectivity index (χ4v) is 2.06. The number of rotatable bonds is 4. The second-order valence-electron chi connectivity index (χ2n) is 5.53. The fraction of sp³-hybridized carbons (Fsp3) is 0.222. The summed E-state index contributed by atoms with van der Waals surface area (Å²) >= 11 is 0. The highest BCUT2D eigenvalue weighted by atomic mass is 19.1. The molecular weight excluding hydrogens is 330 g/mol. The smallest absolute Gasteiger partial charge is 0.279 e. The summed E-state index contributed by atoms with van der Waals surface area (Å²) in [5.74, 6) is -2.78. The lowest BCUT2D eigenvalue weighted by atomic mass is 10.1. The van der Waals surface area contributed by atoms with Crippen molar-refractivity contribution in [3.05, 3.63) is 64.7 Å². The highest BCUT2D eigenvalue weighted by Crippen LogP contribution is 2.21. The van der Waals surface area contributed by atoms with Gasteiger partial charge in [-0.25, -0.2) is 8.78 Å². The summed E-state index contributed by atoms with van der Waals surface area (Å²) in [5, 5.41) is 0. The molecule has 1 atom stereocenters. The standard InChI is InChI=1S/C18H18F2N2O3/c1-10-5-4-6-16(11(10)2)25-12(3)17(23)21-22-18(24)14-8-7-13(19)9-15(14)20/h4-9,12H,1-3H3,(H,21,23)(H,22,24)/t12-/m0/s1. The number of ether oxygens (including phenoxy) is 1. The first-order chi connectivity index (χ1) is 11.8. The molecule has 2 amide bonds. The van der Waals surface area contributed by atoms with E-state index < -0.39 is 29.6 Å². The maximum absolute atomic E-state index is 13.5. The molecule has 2 rings (SSSR count). The van der Waals surface area contributed by atoms with Crippen LogP contribution in [0.5, 0.6) is 5.75 Å². The van der Waals surface area contributed by atoms with Crippen molar-refractivity contribution in [3.8, 4) is 5.75 Å². The van der Waals surface area contributed by atoms with Gasteiger partial charge < -0.3 is 4.74 Å². The zero-order valence-corrected chi connectivity index (χ0v) is 14.0. The lowest BCUT2D eigenvalue weighted by Crippen LogP contribution is -2.47. The Labute approximate surface area is 144 Å². The Balaban J connectivity index is 1.95. The summed E-state index contributed by atoms with van der Waals surface area (Å²) in [6.07, 6.45) is -0.890. The molecule has 0 bridgehead atoms. The molecule has 25 heavy (non-hydrogen) atoms. The maximum atomic E-state index is 13.5. The van der Waals surface area contributed by atoms with Crippen molar-refractivity contribution in [2.75, 3.05) is 0 Å².